The number of hydrogen-bond acceptors (Lipinski definition) is 4. The molecule has 2 heterocycles. The molecule has 0 spiro atoms. The number of hydrogen-bond donors (Lipinski definition) is 0. The number of aromatic nitrogens is 2. The molecular weight excluding hydrogens is 562 g/mol. The number of halogens is 4. The molecular formula is C33H33F4N3O3. The number of likely N-dealkylation sites (tertiary alicyclic amines) is 1. The zero-order chi connectivity index (χ0) is 30.7. The Labute approximate surface area is 247 Å². The van der Waals surface area contributed by atoms with Gasteiger partial charge in [0.15, 0.2) is 5.78 Å². The van der Waals surface area contributed by atoms with Crippen molar-refractivity contribution in [2.24, 2.45) is 5.92 Å². The lowest BCUT2D eigenvalue weighted by Gasteiger charge is -2.32. The van der Waals surface area contributed by atoms with Gasteiger partial charge in [-0.25, -0.2) is 4.39 Å². The first-order chi connectivity index (χ1) is 20.5. The van der Waals surface area contributed by atoms with E-state index in [2.05, 4.69) is 0 Å². The van der Waals surface area contributed by atoms with Crippen molar-refractivity contribution in [3.05, 3.63) is 88.9 Å². The Morgan fingerprint density at radius 1 is 1.00 bits per heavy atom. The number of carbonyl (C=O) groups is 2. The van der Waals surface area contributed by atoms with Crippen LogP contribution in [0.25, 0.3) is 22.0 Å². The molecule has 1 saturated heterocycles. The third-order valence-electron chi connectivity index (χ3n) is 8.13. The molecule has 0 atom stereocenters. The molecule has 0 bridgehead atoms. The lowest BCUT2D eigenvalue weighted by atomic mass is 9.95. The molecule has 0 aliphatic carbocycles. The summed E-state index contributed by atoms with van der Waals surface area (Å²) in [6, 6.07) is 12.3. The van der Waals surface area contributed by atoms with Crippen LogP contribution in [0.15, 0.2) is 60.8 Å². The van der Waals surface area contributed by atoms with E-state index in [1.807, 2.05) is 29.9 Å². The first-order valence-corrected chi connectivity index (χ1v) is 14.3. The van der Waals surface area contributed by atoms with E-state index in [-0.39, 0.29) is 28.4 Å². The number of Topliss-reactive ketones (excluding diaryl/α,β-unsaturated/α-hetero) is 1. The summed E-state index contributed by atoms with van der Waals surface area (Å²) in [5, 5.41) is 5.64. The maximum absolute atomic E-state index is 15.0. The standard InChI is InChI=1S/C33H33F4N3O3/c1-21-26(31(41)7-4-16-43-2)10-11-30-28(21)20-40(38-30)19-22-12-14-39(15-13-22)32(42)27-9-8-24(18-29(27)34)23-5-3-6-25(17-23)33(35,36)37/h3,5-6,8-11,17-18,20,22H,4,7,12-16,19H2,1-2H3. The fourth-order valence-electron chi connectivity index (χ4n) is 5.68. The number of fused-ring (bicyclic) bond motifs is 1. The molecule has 0 N–H and O–H groups in total. The maximum Gasteiger partial charge on any atom is 0.416 e. The normalized spacial score (nSPS) is 14.4. The summed E-state index contributed by atoms with van der Waals surface area (Å²) in [7, 11) is 1.62. The van der Waals surface area contributed by atoms with Crippen LogP contribution in [0.3, 0.4) is 0 Å². The molecule has 6 nitrogen and oxygen atoms in total. The highest BCUT2D eigenvalue weighted by molar-refractivity contribution is 6.01. The zero-order valence-corrected chi connectivity index (χ0v) is 24.1. The average molecular weight is 596 g/mol. The number of alkyl halides is 3. The Hall–Kier alpha value is -4.05. The molecule has 1 aliphatic heterocycles. The van der Waals surface area contributed by atoms with Gasteiger partial charge in [-0.15, -0.1) is 0 Å². The number of ketones is 1. The van der Waals surface area contributed by atoms with Gasteiger partial charge in [-0.1, -0.05) is 18.2 Å². The number of piperidine rings is 1. The van der Waals surface area contributed by atoms with Gasteiger partial charge in [-0.3, -0.25) is 14.3 Å². The van der Waals surface area contributed by atoms with Gasteiger partial charge in [-0.05, 0) is 85.2 Å². The molecule has 4 aromatic rings. The molecule has 0 radical (unpaired) electrons. The van der Waals surface area contributed by atoms with Gasteiger partial charge < -0.3 is 9.64 Å². The van der Waals surface area contributed by atoms with Crippen LogP contribution in [0.5, 0.6) is 0 Å². The minimum atomic E-state index is -4.51. The van der Waals surface area contributed by atoms with Crippen molar-refractivity contribution in [1.82, 2.24) is 14.7 Å². The summed E-state index contributed by atoms with van der Waals surface area (Å²) in [5.41, 5.74) is 2.00. The second-order valence-corrected chi connectivity index (χ2v) is 11.1. The number of benzene rings is 3. The van der Waals surface area contributed by atoms with Crippen molar-refractivity contribution >= 4 is 22.6 Å². The number of rotatable bonds is 9. The number of methoxy groups -OCH3 is 1. The van der Waals surface area contributed by atoms with Crippen molar-refractivity contribution in [2.45, 2.75) is 45.3 Å². The summed E-state index contributed by atoms with van der Waals surface area (Å²) < 4.78 is 61.2. The molecule has 1 aromatic heterocycles. The number of amides is 1. The molecule has 5 rings (SSSR count). The maximum atomic E-state index is 15.0. The monoisotopic (exact) mass is 595 g/mol. The van der Waals surface area contributed by atoms with Gasteiger partial charge in [0.05, 0.1) is 16.6 Å². The van der Waals surface area contributed by atoms with Gasteiger partial charge in [0.1, 0.15) is 5.82 Å². The van der Waals surface area contributed by atoms with Crippen LogP contribution in [0.1, 0.15) is 57.5 Å². The molecule has 3 aromatic carbocycles. The predicted octanol–water partition coefficient (Wildman–Crippen LogP) is 7.33. The molecule has 10 heteroatoms. The fraction of sp³-hybridized carbons (Fsp3) is 0.364. The summed E-state index contributed by atoms with van der Waals surface area (Å²) in [4.78, 5) is 27.4. The van der Waals surface area contributed by atoms with Crippen LogP contribution >= 0.6 is 0 Å². The SMILES string of the molecule is COCCCC(=O)c1ccc2nn(CC3CCN(C(=O)c4ccc(-c5cccc(C(F)(F)F)c5)cc4F)CC3)cc2c1C. The summed E-state index contributed by atoms with van der Waals surface area (Å²) >= 11 is 0. The molecule has 0 saturated carbocycles. The van der Waals surface area contributed by atoms with Gasteiger partial charge in [0.2, 0.25) is 0 Å². The van der Waals surface area contributed by atoms with Crippen molar-refractivity contribution in [3.63, 3.8) is 0 Å². The molecule has 226 valence electrons. The molecule has 0 unspecified atom stereocenters. The van der Waals surface area contributed by atoms with Gasteiger partial charge >= 0.3 is 6.18 Å². The minimum Gasteiger partial charge on any atom is -0.385 e. The van der Waals surface area contributed by atoms with Crippen LogP contribution in [-0.4, -0.2) is 53.2 Å². The van der Waals surface area contributed by atoms with Crippen LogP contribution in [-0.2, 0) is 17.5 Å². The molecule has 43 heavy (non-hydrogen) atoms. The lowest BCUT2D eigenvalue weighted by Crippen LogP contribution is -2.39. The second kappa shape index (κ2) is 12.7. The Bertz CT molecular complexity index is 1640. The Kier molecular flexibility index (Phi) is 8.96. The van der Waals surface area contributed by atoms with Crippen LogP contribution < -0.4 is 0 Å². The fourth-order valence-corrected chi connectivity index (χ4v) is 5.68. The Morgan fingerprint density at radius 2 is 1.72 bits per heavy atom. The predicted molar refractivity (Wildman–Crippen MR) is 155 cm³/mol. The van der Waals surface area contributed by atoms with Crippen molar-refractivity contribution in [3.8, 4) is 11.1 Å². The Balaban J connectivity index is 1.20. The molecule has 1 aliphatic rings. The molecule has 1 fully saturated rings. The zero-order valence-electron chi connectivity index (χ0n) is 24.1. The quantitative estimate of drug-likeness (QED) is 0.115. The summed E-state index contributed by atoms with van der Waals surface area (Å²) in [5.74, 6) is -0.850. The average Bonchev–Trinajstić information content (AvgIpc) is 3.40. The van der Waals surface area contributed by atoms with Crippen LogP contribution in [0.4, 0.5) is 17.6 Å². The topological polar surface area (TPSA) is 64.4 Å². The highest BCUT2D eigenvalue weighted by Gasteiger charge is 2.31. The highest BCUT2D eigenvalue weighted by Crippen LogP contribution is 2.33. The lowest BCUT2D eigenvalue weighted by molar-refractivity contribution is -0.137. The van der Waals surface area contributed by atoms with E-state index in [0.717, 1.165) is 34.7 Å². The number of nitrogens with zero attached hydrogens (tertiary/aromatic N) is 3. The van der Waals surface area contributed by atoms with Gasteiger partial charge in [0.25, 0.3) is 5.91 Å². The van der Waals surface area contributed by atoms with Crippen LogP contribution in [0.2, 0.25) is 0 Å². The van der Waals surface area contributed by atoms with Gasteiger partial charge in [-0.2, -0.15) is 18.3 Å². The summed E-state index contributed by atoms with van der Waals surface area (Å²) in [6.07, 6.45) is -0.00733. The smallest absolute Gasteiger partial charge is 0.385 e. The number of carbonyl (C=O) groups excluding carboxylic acids is 2. The minimum absolute atomic E-state index is 0.0861. The number of ether oxygens (including phenoxy) is 1. The molecule has 1 amide bonds. The van der Waals surface area contributed by atoms with E-state index in [0.29, 0.717) is 57.5 Å². The first-order valence-electron chi connectivity index (χ1n) is 14.3. The van der Waals surface area contributed by atoms with Crippen molar-refractivity contribution in [1.29, 1.82) is 0 Å². The van der Waals surface area contributed by atoms with Crippen molar-refractivity contribution < 1.29 is 31.9 Å². The second-order valence-electron chi connectivity index (χ2n) is 11.1. The largest absolute Gasteiger partial charge is 0.416 e. The van der Waals surface area contributed by atoms with E-state index in [1.165, 1.54) is 24.3 Å². The van der Waals surface area contributed by atoms with Crippen molar-refractivity contribution in [2.75, 3.05) is 26.8 Å². The van der Waals surface area contributed by atoms with E-state index >= 15 is 4.39 Å². The van der Waals surface area contributed by atoms with Crippen LogP contribution in [0, 0.1) is 18.7 Å². The number of aryl methyl sites for hydroxylation is 1. The van der Waals surface area contributed by atoms with E-state index < -0.39 is 23.5 Å². The summed E-state index contributed by atoms with van der Waals surface area (Å²) in [6.45, 7) is 4.05. The first kappa shape index (κ1) is 30.4. The van der Waals surface area contributed by atoms with Gasteiger partial charge in [0, 0.05) is 56.9 Å². The third kappa shape index (κ3) is 6.80. The van der Waals surface area contributed by atoms with E-state index in [9.17, 15) is 22.8 Å². The third-order valence-corrected chi connectivity index (χ3v) is 8.13. The van der Waals surface area contributed by atoms with E-state index in [4.69, 9.17) is 9.84 Å². The van der Waals surface area contributed by atoms with E-state index in [1.54, 1.807) is 12.0 Å². The highest BCUT2D eigenvalue weighted by atomic mass is 19.4. The Morgan fingerprint density at radius 3 is 2.42 bits per heavy atom.